The van der Waals surface area contributed by atoms with Crippen LogP contribution in [0.25, 0.3) is 0 Å². The van der Waals surface area contributed by atoms with Crippen molar-refractivity contribution in [3.63, 3.8) is 0 Å². The quantitative estimate of drug-likeness (QED) is 0.703. The maximum atomic E-state index is 2.63. The minimum atomic E-state index is 0.850. The van der Waals surface area contributed by atoms with Gasteiger partial charge in [0.15, 0.2) is 0 Å². The van der Waals surface area contributed by atoms with Crippen molar-refractivity contribution in [3.8, 4) is 0 Å². The SMILES string of the molecule is CC.CCCCN1CCN(CCC(C)C)CC1. The summed E-state index contributed by atoms with van der Waals surface area (Å²) < 4.78 is 0. The summed E-state index contributed by atoms with van der Waals surface area (Å²) in [6.07, 6.45) is 4.05. The fourth-order valence-electron chi connectivity index (χ4n) is 2.06. The van der Waals surface area contributed by atoms with Crippen LogP contribution in [-0.2, 0) is 0 Å². The lowest BCUT2D eigenvalue weighted by atomic mass is 10.1. The van der Waals surface area contributed by atoms with Crippen LogP contribution in [0.5, 0.6) is 0 Å². The van der Waals surface area contributed by atoms with Gasteiger partial charge in [-0.3, -0.25) is 0 Å². The van der Waals surface area contributed by atoms with Crippen molar-refractivity contribution >= 4 is 0 Å². The Kier molecular flexibility index (Phi) is 11.0. The van der Waals surface area contributed by atoms with Gasteiger partial charge in [0.05, 0.1) is 0 Å². The molecule has 0 aromatic carbocycles. The second kappa shape index (κ2) is 11.0. The second-order valence-electron chi connectivity index (χ2n) is 5.22. The molecule has 0 N–H and O–H groups in total. The first kappa shape index (κ1) is 16.9. The number of unbranched alkanes of at least 4 members (excludes halogenated alkanes) is 1. The zero-order valence-electron chi connectivity index (χ0n) is 12.8. The Hall–Kier alpha value is -0.0800. The van der Waals surface area contributed by atoms with Crippen molar-refractivity contribution in [2.45, 2.75) is 53.9 Å². The highest BCUT2D eigenvalue weighted by Crippen LogP contribution is 2.07. The van der Waals surface area contributed by atoms with Crippen molar-refractivity contribution in [1.29, 1.82) is 0 Å². The molecule has 0 bridgehead atoms. The minimum absolute atomic E-state index is 0.850. The summed E-state index contributed by atoms with van der Waals surface area (Å²) >= 11 is 0. The normalized spacial score (nSPS) is 18.0. The Bertz CT molecular complexity index is 149. The van der Waals surface area contributed by atoms with E-state index in [9.17, 15) is 0 Å². The Labute approximate surface area is 109 Å². The van der Waals surface area contributed by atoms with Crippen LogP contribution >= 0.6 is 0 Å². The van der Waals surface area contributed by atoms with E-state index < -0.39 is 0 Å². The summed E-state index contributed by atoms with van der Waals surface area (Å²) in [6.45, 7) is 18.7. The van der Waals surface area contributed by atoms with Gasteiger partial charge < -0.3 is 9.80 Å². The van der Waals surface area contributed by atoms with Crippen LogP contribution in [-0.4, -0.2) is 49.1 Å². The van der Waals surface area contributed by atoms with Crippen LogP contribution in [0.15, 0.2) is 0 Å². The molecule has 0 aromatic rings. The predicted molar refractivity (Wildman–Crippen MR) is 78.6 cm³/mol. The van der Waals surface area contributed by atoms with Gasteiger partial charge in [0.1, 0.15) is 0 Å². The molecular weight excluding hydrogens is 208 g/mol. The molecule has 0 saturated carbocycles. The summed E-state index contributed by atoms with van der Waals surface area (Å²) in [6, 6.07) is 0. The number of rotatable bonds is 6. The number of piperazine rings is 1. The predicted octanol–water partition coefficient (Wildman–Crippen LogP) is 3.48. The minimum Gasteiger partial charge on any atom is -0.301 e. The fourth-order valence-corrected chi connectivity index (χ4v) is 2.06. The summed E-state index contributed by atoms with van der Waals surface area (Å²) in [7, 11) is 0. The van der Waals surface area contributed by atoms with E-state index in [1.165, 1.54) is 58.5 Å². The lowest BCUT2D eigenvalue weighted by Crippen LogP contribution is -2.46. The van der Waals surface area contributed by atoms with E-state index in [0.717, 1.165) is 5.92 Å². The van der Waals surface area contributed by atoms with Crippen molar-refractivity contribution in [2.75, 3.05) is 39.3 Å². The van der Waals surface area contributed by atoms with Crippen LogP contribution in [0, 0.1) is 5.92 Å². The maximum absolute atomic E-state index is 2.63. The van der Waals surface area contributed by atoms with Crippen LogP contribution < -0.4 is 0 Å². The average molecular weight is 242 g/mol. The van der Waals surface area contributed by atoms with Crippen molar-refractivity contribution in [1.82, 2.24) is 9.80 Å². The molecule has 0 unspecified atom stereocenters. The van der Waals surface area contributed by atoms with E-state index >= 15 is 0 Å². The lowest BCUT2D eigenvalue weighted by Gasteiger charge is -2.34. The summed E-state index contributed by atoms with van der Waals surface area (Å²) in [5, 5.41) is 0. The van der Waals surface area contributed by atoms with E-state index in [2.05, 4.69) is 30.6 Å². The molecule has 17 heavy (non-hydrogen) atoms. The van der Waals surface area contributed by atoms with Gasteiger partial charge in [-0.15, -0.1) is 0 Å². The van der Waals surface area contributed by atoms with Gasteiger partial charge >= 0.3 is 0 Å². The molecule has 0 amide bonds. The molecule has 0 aromatic heterocycles. The van der Waals surface area contributed by atoms with Gasteiger partial charge in [0.25, 0.3) is 0 Å². The van der Waals surface area contributed by atoms with Crippen LogP contribution in [0.4, 0.5) is 0 Å². The Morgan fingerprint density at radius 3 is 1.76 bits per heavy atom. The second-order valence-corrected chi connectivity index (χ2v) is 5.22. The van der Waals surface area contributed by atoms with E-state index in [4.69, 9.17) is 0 Å². The number of hydrogen-bond donors (Lipinski definition) is 0. The van der Waals surface area contributed by atoms with Gasteiger partial charge in [-0.05, 0) is 31.8 Å². The van der Waals surface area contributed by atoms with Crippen molar-refractivity contribution < 1.29 is 0 Å². The highest BCUT2D eigenvalue weighted by Gasteiger charge is 2.15. The van der Waals surface area contributed by atoms with E-state index in [1.807, 2.05) is 13.8 Å². The zero-order chi connectivity index (χ0) is 13.1. The number of hydrogen-bond acceptors (Lipinski definition) is 2. The summed E-state index contributed by atoms with van der Waals surface area (Å²) in [5.41, 5.74) is 0. The van der Waals surface area contributed by atoms with Crippen LogP contribution in [0.1, 0.15) is 53.9 Å². The monoisotopic (exact) mass is 242 g/mol. The van der Waals surface area contributed by atoms with Gasteiger partial charge in [-0.1, -0.05) is 41.0 Å². The Balaban J connectivity index is 0.00000121. The van der Waals surface area contributed by atoms with E-state index in [1.54, 1.807) is 0 Å². The highest BCUT2D eigenvalue weighted by molar-refractivity contribution is 4.71. The van der Waals surface area contributed by atoms with Gasteiger partial charge in [0, 0.05) is 26.2 Å². The molecule has 1 aliphatic rings. The average Bonchev–Trinajstić information content (AvgIpc) is 2.37. The van der Waals surface area contributed by atoms with Crippen molar-refractivity contribution in [2.24, 2.45) is 5.92 Å². The molecule has 0 atom stereocenters. The third-order valence-electron chi connectivity index (χ3n) is 3.32. The van der Waals surface area contributed by atoms with Gasteiger partial charge in [0.2, 0.25) is 0 Å². The topological polar surface area (TPSA) is 6.48 Å². The van der Waals surface area contributed by atoms with E-state index in [-0.39, 0.29) is 0 Å². The Morgan fingerprint density at radius 2 is 1.35 bits per heavy atom. The number of nitrogens with zero attached hydrogens (tertiary/aromatic N) is 2. The lowest BCUT2D eigenvalue weighted by molar-refractivity contribution is 0.127. The molecule has 1 fully saturated rings. The molecule has 1 heterocycles. The molecule has 2 nitrogen and oxygen atoms in total. The first-order valence-electron chi connectivity index (χ1n) is 7.67. The third kappa shape index (κ3) is 8.62. The molecular formula is C15H34N2. The van der Waals surface area contributed by atoms with E-state index in [0.29, 0.717) is 0 Å². The third-order valence-corrected chi connectivity index (χ3v) is 3.32. The molecule has 1 saturated heterocycles. The van der Waals surface area contributed by atoms with Crippen LogP contribution in [0.2, 0.25) is 0 Å². The first-order valence-corrected chi connectivity index (χ1v) is 7.67. The van der Waals surface area contributed by atoms with Gasteiger partial charge in [-0.2, -0.15) is 0 Å². The smallest absolute Gasteiger partial charge is 0.0110 e. The largest absolute Gasteiger partial charge is 0.301 e. The first-order chi connectivity index (χ1) is 8.22. The standard InChI is InChI=1S/C13H28N2.C2H6/c1-4-5-7-14-9-11-15(12-10-14)8-6-13(2)3;1-2/h13H,4-12H2,1-3H3;1-2H3. The maximum Gasteiger partial charge on any atom is 0.0110 e. The molecule has 0 spiro atoms. The van der Waals surface area contributed by atoms with Gasteiger partial charge in [-0.25, -0.2) is 0 Å². The Morgan fingerprint density at radius 1 is 0.882 bits per heavy atom. The summed E-state index contributed by atoms with van der Waals surface area (Å²) in [4.78, 5) is 5.25. The van der Waals surface area contributed by atoms with Crippen molar-refractivity contribution in [3.05, 3.63) is 0 Å². The van der Waals surface area contributed by atoms with Crippen LogP contribution in [0.3, 0.4) is 0 Å². The molecule has 104 valence electrons. The zero-order valence-corrected chi connectivity index (χ0v) is 12.8. The highest BCUT2D eigenvalue weighted by atomic mass is 15.3. The molecule has 1 aliphatic heterocycles. The molecule has 1 rings (SSSR count). The molecule has 0 aliphatic carbocycles. The molecule has 0 radical (unpaired) electrons. The molecule has 2 heteroatoms. The fraction of sp³-hybridized carbons (Fsp3) is 1.00. The summed E-state index contributed by atoms with van der Waals surface area (Å²) in [5.74, 6) is 0.850.